The molecule has 196 valence electrons. The van der Waals surface area contributed by atoms with E-state index >= 15 is 0 Å². The lowest BCUT2D eigenvalue weighted by atomic mass is 10.1. The van der Waals surface area contributed by atoms with Crippen molar-refractivity contribution in [2.75, 3.05) is 26.2 Å². The van der Waals surface area contributed by atoms with E-state index in [1.807, 2.05) is 43.3 Å². The van der Waals surface area contributed by atoms with Crippen molar-refractivity contribution in [2.45, 2.75) is 31.6 Å². The molecule has 1 saturated heterocycles. The van der Waals surface area contributed by atoms with E-state index in [1.54, 1.807) is 41.3 Å². The van der Waals surface area contributed by atoms with Crippen LogP contribution in [0, 0.1) is 6.92 Å². The zero-order valence-electron chi connectivity index (χ0n) is 21.5. The molecule has 5 rings (SSSR count). The van der Waals surface area contributed by atoms with E-state index in [-0.39, 0.29) is 19.0 Å². The van der Waals surface area contributed by atoms with Crippen LogP contribution >= 0.6 is 0 Å². The Hall–Kier alpha value is -3.82. The summed E-state index contributed by atoms with van der Waals surface area (Å²) in [6.07, 6.45) is 1.93. The molecule has 0 bridgehead atoms. The van der Waals surface area contributed by atoms with E-state index in [0.29, 0.717) is 40.9 Å². The highest BCUT2D eigenvalue weighted by Crippen LogP contribution is 2.25. The van der Waals surface area contributed by atoms with Gasteiger partial charge in [0.1, 0.15) is 0 Å². The third kappa shape index (κ3) is 5.39. The van der Waals surface area contributed by atoms with E-state index in [0.717, 1.165) is 29.5 Å². The van der Waals surface area contributed by atoms with E-state index in [9.17, 15) is 13.2 Å². The molecule has 9 heteroatoms. The van der Waals surface area contributed by atoms with Gasteiger partial charge in [-0.15, -0.1) is 10.2 Å². The first-order chi connectivity index (χ1) is 18.3. The lowest BCUT2D eigenvalue weighted by Crippen LogP contribution is -2.50. The SMILES string of the molecule is CCCc1ccc(S(=O)(=O)N2CCN(C(=O)c3ccc(-c4nnc(-c5ccc(C)cc5)o4)cc3)CC2)cc1. The molecule has 1 amide bonds. The number of aromatic nitrogens is 2. The minimum atomic E-state index is -3.59. The molecule has 0 spiro atoms. The quantitative estimate of drug-likeness (QED) is 0.340. The number of hydrogen-bond donors (Lipinski definition) is 0. The molecule has 1 aliphatic rings. The molecule has 0 atom stereocenters. The van der Waals surface area contributed by atoms with Crippen molar-refractivity contribution in [3.63, 3.8) is 0 Å². The van der Waals surface area contributed by atoms with Gasteiger partial charge < -0.3 is 9.32 Å². The van der Waals surface area contributed by atoms with Gasteiger partial charge in [0.15, 0.2) is 0 Å². The minimum absolute atomic E-state index is 0.136. The van der Waals surface area contributed by atoms with Crippen LogP contribution in [0.1, 0.15) is 34.8 Å². The van der Waals surface area contributed by atoms with E-state index in [1.165, 1.54) is 4.31 Å². The molecular formula is C29H30N4O4S. The number of nitrogens with zero attached hydrogens (tertiary/aromatic N) is 4. The molecule has 0 radical (unpaired) electrons. The standard InChI is InChI=1S/C29H30N4O4S/c1-3-4-22-7-15-26(16-8-22)38(35,36)33-19-17-32(18-20-33)29(34)25-13-11-24(12-14-25)28-31-30-27(37-28)23-9-5-21(2)6-10-23/h5-16H,3-4,17-20H2,1-2H3. The second-order valence-electron chi connectivity index (χ2n) is 9.45. The average Bonchev–Trinajstić information content (AvgIpc) is 3.44. The zero-order chi connectivity index (χ0) is 26.7. The number of sulfonamides is 1. The highest BCUT2D eigenvalue weighted by molar-refractivity contribution is 7.89. The molecular weight excluding hydrogens is 500 g/mol. The van der Waals surface area contributed by atoms with Crippen LogP contribution < -0.4 is 0 Å². The van der Waals surface area contributed by atoms with Gasteiger partial charge in [-0.3, -0.25) is 4.79 Å². The summed E-state index contributed by atoms with van der Waals surface area (Å²) in [5.74, 6) is 0.675. The first kappa shape index (κ1) is 25.8. The van der Waals surface area contributed by atoms with Gasteiger partial charge in [-0.05, 0) is 67.4 Å². The minimum Gasteiger partial charge on any atom is -0.416 e. The topological polar surface area (TPSA) is 96.6 Å². The maximum Gasteiger partial charge on any atom is 0.253 e. The molecule has 3 aromatic carbocycles. The Labute approximate surface area is 223 Å². The number of carbonyl (C=O) groups is 1. The molecule has 1 aliphatic heterocycles. The smallest absolute Gasteiger partial charge is 0.253 e. The van der Waals surface area contributed by atoms with E-state index < -0.39 is 10.0 Å². The fourth-order valence-corrected chi connectivity index (χ4v) is 5.91. The average molecular weight is 531 g/mol. The number of carbonyl (C=O) groups excluding carboxylic acids is 1. The lowest BCUT2D eigenvalue weighted by molar-refractivity contribution is 0.0698. The lowest BCUT2D eigenvalue weighted by Gasteiger charge is -2.34. The summed E-state index contributed by atoms with van der Waals surface area (Å²) in [5.41, 5.74) is 4.35. The third-order valence-electron chi connectivity index (χ3n) is 6.73. The summed E-state index contributed by atoms with van der Waals surface area (Å²) in [4.78, 5) is 15.1. The molecule has 0 aliphatic carbocycles. The van der Waals surface area contributed by atoms with Crippen molar-refractivity contribution < 1.29 is 17.6 Å². The Bertz CT molecular complexity index is 1500. The summed E-state index contributed by atoms with van der Waals surface area (Å²) in [7, 11) is -3.59. The highest BCUT2D eigenvalue weighted by atomic mass is 32.2. The Kier molecular flexibility index (Phi) is 7.40. The molecule has 1 aromatic heterocycles. The van der Waals surface area contributed by atoms with Crippen molar-refractivity contribution >= 4 is 15.9 Å². The van der Waals surface area contributed by atoms with Crippen LogP contribution in [0.2, 0.25) is 0 Å². The Morgan fingerprint density at radius 3 is 1.92 bits per heavy atom. The van der Waals surface area contributed by atoms with Crippen molar-refractivity contribution in [3.8, 4) is 22.9 Å². The molecule has 1 fully saturated rings. The van der Waals surface area contributed by atoms with Crippen LogP contribution in [-0.4, -0.2) is 59.9 Å². The fraction of sp³-hybridized carbons (Fsp3) is 0.276. The molecule has 0 saturated carbocycles. The largest absolute Gasteiger partial charge is 0.416 e. The van der Waals surface area contributed by atoms with E-state index in [4.69, 9.17) is 4.42 Å². The van der Waals surface area contributed by atoms with Crippen LogP contribution in [0.4, 0.5) is 0 Å². The van der Waals surface area contributed by atoms with Crippen LogP contribution in [0.25, 0.3) is 22.9 Å². The fourth-order valence-electron chi connectivity index (χ4n) is 4.49. The first-order valence-electron chi connectivity index (χ1n) is 12.7. The molecule has 38 heavy (non-hydrogen) atoms. The molecule has 8 nitrogen and oxygen atoms in total. The first-order valence-corrected chi connectivity index (χ1v) is 14.2. The summed E-state index contributed by atoms with van der Waals surface area (Å²) in [6.45, 7) is 5.28. The maximum atomic E-state index is 13.1. The maximum absolute atomic E-state index is 13.1. The summed E-state index contributed by atoms with van der Waals surface area (Å²) >= 11 is 0. The Morgan fingerprint density at radius 2 is 1.37 bits per heavy atom. The van der Waals surface area contributed by atoms with Crippen LogP contribution in [0.3, 0.4) is 0 Å². The van der Waals surface area contributed by atoms with Gasteiger partial charge in [-0.2, -0.15) is 4.31 Å². The number of aryl methyl sites for hydroxylation is 2. The number of benzene rings is 3. The van der Waals surface area contributed by atoms with Crippen molar-refractivity contribution in [3.05, 3.63) is 89.5 Å². The van der Waals surface area contributed by atoms with Gasteiger partial charge in [0, 0.05) is 42.9 Å². The van der Waals surface area contributed by atoms with Gasteiger partial charge in [0.05, 0.1) is 4.90 Å². The summed E-state index contributed by atoms with van der Waals surface area (Å²) < 4.78 is 33.5. The number of rotatable bonds is 7. The predicted octanol–water partition coefficient (Wildman–Crippen LogP) is 4.81. The monoisotopic (exact) mass is 530 g/mol. The van der Waals surface area contributed by atoms with E-state index in [2.05, 4.69) is 17.1 Å². The Balaban J connectivity index is 1.21. The van der Waals surface area contributed by atoms with Crippen molar-refractivity contribution in [1.82, 2.24) is 19.4 Å². The molecule has 0 unspecified atom stereocenters. The zero-order valence-corrected chi connectivity index (χ0v) is 22.3. The third-order valence-corrected chi connectivity index (χ3v) is 8.64. The molecule has 4 aromatic rings. The second-order valence-corrected chi connectivity index (χ2v) is 11.4. The van der Waals surface area contributed by atoms with Gasteiger partial charge in [0.25, 0.3) is 5.91 Å². The molecule has 2 heterocycles. The number of amides is 1. The molecule has 0 N–H and O–H groups in total. The van der Waals surface area contributed by atoms with Gasteiger partial charge in [-0.1, -0.05) is 43.2 Å². The number of hydrogen-bond acceptors (Lipinski definition) is 6. The van der Waals surface area contributed by atoms with Crippen LogP contribution in [-0.2, 0) is 16.4 Å². The second kappa shape index (κ2) is 10.9. The normalized spacial score (nSPS) is 14.5. The Morgan fingerprint density at radius 1 is 0.816 bits per heavy atom. The predicted molar refractivity (Wildman–Crippen MR) is 145 cm³/mol. The van der Waals surface area contributed by atoms with Crippen molar-refractivity contribution in [1.29, 1.82) is 0 Å². The number of piperazine rings is 1. The summed E-state index contributed by atoms with van der Waals surface area (Å²) in [5, 5.41) is 8.28. The van der Waals surface area contributed by atoms with Gasteiger partial charge in [0.2, 0.25) is 21.8 Å². The summed E-state index contributed by atoms with van der Waals surface area (Å²) in [6, 6.07) is 22.0. The van der Waals surface area contributed by atoms with Crippen LogP contribution in [0.15, 0.2) is 82.1 Å². The van der Waals surface area contributed by atoms with Gasteiger partial charge >= 0.3 is 0 Å². The van der Waals surface area contributed by atoms with Gasteiger partial charge in [-0.25, -0.2) is 8.42 Å². The van der Waals surface area contributed by atoms with Crippen LogP contribution in [0.5, 0.6) is 0 Å². The highest BCUT2D eigenvalue weighted by Gasteiger charge is 2.30. The van der Waals surface area contributed by atoms with Crippen molar-refractivity contribution in [2.24, 2.45) is 0 Å².